The Bertz CT molecular complexity index is 1170. The summed E-state index contributed by atoms with van der Waals surface area (Å²) in [4.78, 5) is 37.2. The van der Waals surface area contributed by atoms with Gasteiger partial charge in [0.1, 0.15) is 5.41 Å². The van der Waals surface area contributed by atoms with E-state index >= 15 is 0 Å². The van der Waals surface area contributed by atoms with E-state index < -0.39 is 5.41 Å². The number of nitrogens with zero attached hydrogens (tertiary/aromatic N) is 3. The molecule has 2 aromatic carbocycles. The topological polar surface area (TPSA) is 53.0 Å². The Kier molecular flexibility index (Phi) is 9.85. The first-order valence-corrected chi connectivity index (χ1v) is 15.0. The maximum atomic E-state index is 14.5. The average Bonchev–Trinajstić information content (AvgIpc) is 2.89. The Morgan fingerprint density at radius 1 is 0.700 bits per heavy atom. The molecule has 0 aromatic heterocycles. The van der Waals surface area contributed by atoms with Gasteiger partial charge in [0.15, 0.2) is 5.82 Å². The number of carbonyl (C=O) groups is 2. The van der Waals surface area contributed by atoms with Crippen LogP contribution in [0.2, 0.25) is 0 Å². The van der Waals surface area contributed by atoms with E-state index in [1.807, 2.05) is 0 Å². The second-order valence-electron chi connectivity index (χ2n) is 12.8. The normalized spacial score (nSPS) is 15.6. The molecule has 2 amide bonds. The lowest BCUT2D eigenvalue weighted by Crippen LogP contribution is -2.60. The van der Waals surface area contributed by atoms with Gasteiger partial charge in [-0.05, 0) is 66.2 Å². The molecule has 3 rings (SSSR count). The van der Waals surface area contributed by atoms with Crippen molar-refractivity contribution in [3.8, 4) is 0 Å². The van der Waals surface area contributed by atoms with Gasteiger partial charge in [-0.25, -0.2) is 4.99 Å². The maximum Gasteiger partial charge on any atom is 0.248 e. The molecule has 1 fully saturated rings. The zero-order chi connectivity index (χ0) is 29.9. The minimum Gasteiger partial charge on any atom is -0.273 e. The molecule has 1 heterocycles. The van der Waals surface area contributed by atoms with Crippen LogP contribution in [0.3, 0.4) is 0 Å². The Labute approximate surface area is 242 Å². The molecule has 0 aliphatic carbocycles. The van der Waals surface area contributed by atoms with Crippen molar-refractivity contribution < 1.29 is 9.59 Å². The molecule has 0 bridgehead atoms. The van der Waals surface area contributed by atoms with Crippen LogP contribution in [0.25, 0.3) is 0 Å². The summed E-state index contributed by atoms with van der Waals surface area (Å²) in [5, 5.41) is 0. The molecular formula is C35H49N3O2. The first-order valence-electron chi connectivity index (χ1n) is 15.0. The number of para-hydroxylation sites is 2. The lowest BCUT2D eigenvalue weighted by Gasteiger charge is -2.46. The van der Waals surface area contributed by atoms with Crippen molar-refractivity contribution in [3.63, 3.8) is 0 Å². The number of unbranched alkanes of at least 4 members (excludes halogenated alkanes) is 1. The van der Waals surface area contributed by atoms with Crippen LogP contribution in [0, 0.1) is 5.41 Å². The third-order valence-corrected chi connectivity index (χ3v) is 7.83. The Balaban J connectivity index is 2.54. The van der Waals surface area contributed by atoms with E-state index in [4.69, 9.17) is 0 Å². The molecule has 2 aromatic rings. The Morgan fingerprint density at radius 2 is 1.05 bits per heavy atom. The summed E-state index contributed by atoms with van der Waals surface area (Å²) >= 11 is 0. The fraction of sp³-hybridized carbons (Fsp3) is 0.543. The van der Waals surface area contributed by atoms with Gasteiger partial charge in [-0.2, -0.15) is 0 Å². The van der Waals surface area contributed by atoms with E-state index in [0.717, 1.165) is 46.5 Å². The number of rotatable bonds is 9. The monoisotopic (exact) mass is 543 g/mol. The Morgan fingerprint density at radius 3 is 1.35 bits per heavy atom. The summed E-state index contributed by atoms with van der Waals surface area (Å²) < 4.78 is 0. The van der Waals surface area contributed by atoms with Gasteiger partial charge in [0.2, 0.25) is 11.8 Å². The van der Waals surface area contributed by atoms with Crippen molar-refractivity contribution in [2.24, 2.45) is 10.4 Å². The van der Waals surface area contributed by atoms with Crippen LogP contribution in [0.4, 0.5) is 11.4 Å². The van der Waals surface area contributed by atoms with Crippen molar-refractivity contribution in [1.29, 1.82) is 0 Å². The molecule has 1 saturated heterocycles. The molecule has 0 unspecified atom stereocenters. The SMILES string of the molecule is CCCCN=C=C1N(c2c(C(C)C)cccc2C(C)C)C(=O)C(C)(C)C(=O)N1c1c(C(C)C)cccc1C(C)C. The van der Waals surface area contributed by atoms with Gasteiger partial charge in [0.05, 0.1) is 11.4 Å². The zero-order valence-corrected chi connectivity index (χ0v) is 26.6. The van der Waals surface area contributed by atoms with E-state index in [1.54, 1.807) is 23.6 Å². The largest absolute Gasteiger partial charge is 0.273 e. The van der Waals surface area contributed by atoms with Crippen LogP contribution < -0.4 is 9.80 Å². The number of amides is 2. The third kappa shape index (κ3) is 5.81. The van der Waals surface area contributed by atoms with Crippen molar-refractivity contribution in [2.45, 2.75) is 113 Å². The van der Waals surface area contributed by atoms with Gasteiger partial charge in [0.25, 0.3) is 0 Å². The van der Waals surface area contributed by atoms with Gasteiger partial charge < -0.3 is 0 Å². The molecule has 0 radical (unpaired) electrons. The van der Waals surface area contributed by atoms with Gasteiger partial charge in [-0.3, -0.25) is 19.4 Å². The van der Waals surface area contributed by atoms with Crippen molar-refractivity contribution in [1.82, 2.24) is 0 Å². The number of benzene rings is 2. The van der Waals surface area contributed by atoms with Crippen molar-refractivity contribution in [3.05, 3.63) is 64.5 Å². The summed E-state index contributed by atoms with van der Waals surface area (Å²) in [6.45, 7) is 23.4. The summed E-state index contributed by atoms with van der Waals surface area (Å²) in [6, 6.07) is 12.5. The zero-order valence-electron chi connectivity index (χ0n) is 26.6. The van der Waals surface area contributed by atoms with Crippen LogP contribution in [0.15, 0.2) is 47.2 Å². The highest BCUT2D eigenvalue weighted by Crippen LogP contribution is 2.46. The summed E-state index contributed by atoms with van der Waals surface area (Å²) in [5.74, 6) is 3.85. The first-order chi connectivity index (χ1) is 18.8. The average molecular weight is 544 g/mol. The van der Waals surface area contributed by atoms with Crippen molar-refractivity contribution in [2.75, 3.05) is 16.3 Å². The molecule has 1 aliphatic rings. The molecule has 0 atom stereocenters. The van der Waals surface area contributed by atoms with E-state index in [0.29, 0.717) is 12.4 Å². The molecule has 5 heteroatoms. The summed E-state index contributed by atoms with van der Waals surface area (Å²) in [5.41, 5.74) is 4.69. The minimum atomic E-state index is -1.29. The highest BCUT2D eigenvalue weighted by molar-refractivity contribution is 6.24. The second-order valence-corrected chi connectivity index (χ2v) is 12.8. The number of hydrogen-bond donors (Lipinski definition) is 0. The molecule has 40 heavy (non-hydrogen) atoms. The molecule has 216 valence electrons. The number of hydrogen-bond acceptors (Lipinski definition) is 3. The third-order valence-electron chi connectivity index (χ3n) is 7.83. The maximum absolute atomic E-state index is 14.5. The van der Waals surface area contributed by atoms with Crippen LogP contribution >= 0.6 is 0 Å². The smallest absolute Gasteiger partial charge is 0.248 e. The first kappa shape index (κ1) is 31.4. The van der Waals surface area contributed by atoms with Gasteiger partial charge >= 0.3 is 0 Å². The number of aliphatic imine (C=N–C) groups is 1. The van der Waals surface area contributed by atoms with E-state index in [-0.39, 0.29) is 35.5 Å². The van der Waals surface area contributed by atoms with Crippen molar-refractivity contribution >= 4 is 29.1 Å². The molecular weight excluding hydrogens is 494 g/mol. The fourth-order valence-corrected chi connectivity index (χ4v) is 5.36. The van der Waals surface area contributed by atoms with Crippen LogP contribution in [-0.4, -0.2) is 24.2 Å². The highest BCUT2D eigenvalue weighted by Gasteiger charge is 2.52. The van der Waals surface area contributed by atoms with Crippen LogP contribution in [0.5, 0.6) is 0 Å². The summed E-state index contributed by atoms with van der Waals surface area (Å²) in [7, 11) is 0. The minimum absolute atomic E-state index is 0.170. The predicted molar refractivity (Wildman–Crippen MR) is 169 cm³/mol. The quantitative estimate of drug-likeness (QED) is 0.180. The van der Waals surface area contributed by atoms with Gasteiger partial charge in [-0.1, -0.05) is 105 Å². The fourth-order valence-electron chi connectivity index (χ4n) is 5.36. The van der Waals surface area contributed by atoms with E-state index in [1.165, 1.54) is 0 Å². The standard InChI is InChI=1S/C35H49N3O2/c1-12-13-20-36-21-30-37(31-26(22(2)3)16-14-17-27(31)23(4)5)33(39)35(10,11)34(40)38(30)32-28(24(6)7)18-15-19-29(32)25(8)9/h14-19,22-25H,12-13,20H2,1-11H3. The molecule has 0 N–H and O–H groups in total. The molecule has 1 aliphatic heterocycles. The van der Waals surface area contributed by atoms with Gasteiger partial charge in [-0.15, -0.1) is 0 Å². The summed E-state index contributed by atoms with van der Waals surface area (Å²) in [6.07, 6.45) is 1.91. The van der Waals surface area contributed by atoms with Crippen LogP contribution in [-0.2, 0) is 9.59 Å². The van der Waals surface area contributed by atoms with E-state index in [2.05, 4.69) is 110 Å². The second kappa shape index (κ2) is 12.6. The highest BCUT2D eigenvalue weighted by atomic mass is 16.2. The Hall–Kier alpha value is -3.17. The van der Waals surface area contributed by atoms with Crippen LogP contribution in [0.1, 0.15) is 135 Å². The molecule has 0 spiro atoms. The lowest BCUT2D eigenvalue weighted by atomic mass is 9.83. The lowest BCUT2D eigenvalue weighted by molar-refractivity contribution is -0.139. The number of carbonyl (C=O) groups excluding carboxylic acids is 2. The van der Waals surface area contributed by atoms with E-state index in [9.17, 15) is 9.59 Å². The number of anilines is 2. The van der Waals surface area contributed by atoms with Gasteiger partial charge in [0, 0.05) is 12.4 Å². The molecule has 5 nitrogen and oxygen atoms in total. The molecule has 0 saturated carbocycles. The predicted octanol–water partition coefficient (Wildman–Crippen LogP) is 8.90.